The smallest absolute Gasteiger partial charge is 0.119 e. The van der Waals surface area contributed by atoms with Gasteiger partial charge in [-0.1, -0.05) is 0 Å². The Hall–Kier alpha value is -1.69. The number of methoxy groups -OCH3 is 1. The summed E-state index contributed by atoms with van der Waals surface area (Å²) in [5.41, 5.74) is 7.06. The molecule has 0 spiro atoms. The molecular formula is C22H34N4O3. The summed E-state index contributed by atoms with van der Waals surface area (Å²) in [4.78, 5) is 5.15. The molecule has 0 aliphatic carbocycles. The summed E-state index contributed by atoms with van der Waals surface area (Å²) >= 11 is 0. The second-order valence-corrected chi connectivity index (χ2v) is 7.98. The van der Waals surface area contributed by atoms with Crippen LogP contribution >= 0.6 is 0 Å². The van der Waals surface area contributed by atoms with Gasteiger partial charge in [0.15, 0.2) is 0 Å². The topological polar surface area (TPSA) is 84.0 Å². The number of rotatable bonds is 12. The number of likely N-dealkylation sites (tertiary alicyclic amines) is 1. The van der Waals surface area contributed by atoms with Crippen LogP contribution in [0.15, 0.2) is 24.3 Å². The minimum absolute atomic E-state index is 0.111. The van der Waals surface area contributed by atoms with Gasteiger partial charge >= 0.3 is 0 Å². The van der Waals surface area contributed by atoms with Crippen LogP contribution in [0.5, 0.6) is 5.75 Å². The summed E-state index contributed by atoms with van der Waals surface area (Å²) in [6.45, 7) is 6.85. The van der Waals surface area contributed by atoms with E-state index < -0.39 is 0 Å². The number of piperazine rings is 1. The van der Waals surface area contributed by atoms with E-state index in [4.69, 9.17) is 25.2 Å². The number of nitrogens with zero attached hydrogens (tertiary/aromatic N) is 3. The van der Waals surface area contributed by atoms with E-state index in [0.29, 0.717) is 37.5 Å². The lowest BCUT2D eigenvalue weighted by Crippen LogP contribution is -2.56. The fraction of sp³-hybridized carbons (Fsp3) is 0.682. The number of nitrogens with two attached hydrogens (primary N) is 1. The molecule has 7 nitrogen and oxygen atoms in total. The minimum atomic E-state index is 0.111. The number of hydrogen-bond acceptors (Lipinski definition) is 7. The van der Waals surface area contributed by atoms with Crippen molar-refractivity contribution in [2.24, 2.45) is 5.73 Å². The zero-order valence-electron chi connectivity index (χ0n) is 17.5. The second kappa shape index (κ2) is 11.5. The lowest BCUT2D eigenvalue weighted by Gasteiger charge is -2.42. The highest BCUT2D eigenvalue weighted by atomic mass is 16.5. The van der Waals surface area contributed by atoms with Crippen LogP contribution in [0.4, 0.5) is 0 Å². The SMILES string of the molecule is COCCOCCN1CC2CCC(C1)N2CC(N)CCOc1ccc(C#N)cc1. The molecule has 2 fully saturated rings. The van der Waals surface area contributed by atoms with Gasteiger partial charge in [0.25, 0.3) is 0 Å². The molecule has 2 aliphatic heterocycles. The maximum Gasteiger partial charge on any atom is 0.119 e. The van der Waals surface area contributed by atoms with Crippen molar-refractivity contribution >= 4 is 0 Å². The van der Waals surface area contributed by atoms with Crippen LogP contribution in [-0.4, -0.2) is 87.6 Å². The summed E-state index contributed by atoms with van der Waals surface area (Å²) in [7, 11) is 1.70. The zero-order valence-corrected chi connectivity index (χ0v) is 17.5. The van der Waals surface area contributed by atoms with Crippen molar-refractivity contribution < 1.29 is 14.2 Å². The molecule has 2 aliphatic rings. The Labute approximate surface area is 174 Å². The average molecular weight is 403 g/mol. The molecule has 2 saturated heterocycles. The molecule has 0 saturated carbocycles. The third-order valence-electron chi connectivity index (χ3n) is 5.88. The van der Waals surface area contributed by atoms with Crippen LogP contribution in [0, 0.1) is 11.3 Å². The molecule has 2 N–H and O–H groups in total. The van der Waals surface area contributed by atoms with Crippen LogP contribution in [0.2, 0.25) is 0 Å². The van der Waals surface area contributed by atoms with Gasteiger partial charge in [-0.25, -0.2) is 0 Å². The van der Waals surface area contributed by atoms with Crippen molar-refractivity contribution in [2.45, 2.75) is 37.4 Å². The van der Waals surface area contributed by atoms with Crippen LogP contribution in [-0.2, 0) is 9.47 Å². The van der Waals surface area contributed by atoms with Crippen molar-refractivity contribution in [3.8, 4) is 11.8 Å². The first-order valence-electron chi connectivity index (χ1n) is 10.6. The van der Waals surface area contributed by atoms with Gasteiger partial charge in [-0.3, -0.25) is 9.80 Å². The van der Waals surface area contributed by atoms with Gasteiger partial charge in [0.1, 0.15) is 5.75 Å². The molecule has 160 valence electrons. The van der Waals surface area contributed by atoms with Crippen molar-refractivity contribution in [1.29, 1.82) is 5.26 Å². The predicted octanol–water partition coefficient (Wildman–Crippen LogP) is 1.47. The maximum absolute atomic E-state index is 8.85. The number of benzene rings is 1. The highest BCUT2D eigenvalue weighted by Gasteiger charge is 2.39. The highest BCUT2D eigenvalue weighted by molar-refractivity contribution is 5.34. The Balaban J connectivity index is 1.34. The molecule has 2 heterocycles. The molecule has 0 radical (unpaired) electrons. The number of ether oxygens (including phenoxy) is 3. The van der Waals surface area contributed by atoms with Gasteiger partial charge < -0.3 is 19.9 Å². The van der Waals surface area contributed by atoms with Gasteiger partial charge in [0.05, 0.1) is 38.1 Å². The van der Waals surface area contributed by atoms with Crippen LogP contribution < -0.4 is 10.5 Å². The Morgan fingerprint density at radius 3 is 2.48 bits per heavy atom. The Bertz CT molecular complexity index is 634. The summed E-state index contributed by atoms with van der Waals surface area (Å²) in [6, 6.07) is 10.7. The van der Waals surface area contributed by atoms with Crippen LogP contribution in [0.3, 0.4) is 0 Å². The zero-order chi connectivity index (χ0) is 20.5. The summed E-state index contributed by atoms with van der Waals surface area (Å²) in [5.74, 6) is 0.789. The first-order chi connectivity index (χ1) is 14.2. The van der Waals surface area contributed by atoms with Crippen molar-refractivity contribution in [3.05, 3.63) is 29.8 Å². The van der Waals surface area contributed by atoms with E-state index in [2.05, 4.69) is 15.9 Å². The van der Waals surface area contributed by atoms with Gasteiger partial charge in [-0.15, -0.1) is 0 Å². The molecule has 1 aromatic rings. The van der Waals surface area contributed by atoms with Crippen molar-refractivity contribution in [1.82, 2.24) is 9.80 Å². The van der Waals surface area contributed by atoms with Gasteiger partial charge in [0.2, 0.25) is 0 Å². The molecule has 0 amide bonds. The van der Waals surface area contributed by atoms with Gasteiger partial charge in [-0.05, 0) is 43.5 Å². The Morgan fingerprint density at radius 1 is 1.10 bits per heavy atom. The molecule has 0 aromatic heterocycles. The first-order valence-corrected chi connectivity index (χ1v) is 10.6. The lowest BCUT2D eigenvalue weighted by molar-refractivity contribution is 0.0247. The second-order valence-electron chi connectivity index (χ2n) is 7.98. The first kappa shape index (κ1) is 22.0. The fourth-order valence-corrected chi connectivity index (χ4v) is 4.31. The third-order valence-corrected chi connectivity index (χ3v) is 5.88. The van der Waals surface area contributed by atoms with Crippen molar-refractivity contribution in [3.63, 3.8) is 0 Å². The van der Waals surface area contributed by atoms with Crippen LogP contribution in [0.1, 0.15) is 24.8 Å². The largest absolute Gasteiger partial charge is 0.494 e. The van der Waals surface area contributed by atoms with Gasteiger partial charge in [-0.2, -0.15) is 5.26 Å². The van der Waals surface area contributed by atoms with E-state index in [1.165, 1.54) is 12.8 Å². The standard InChI is InChI=1S/C22H34N4O3/c1-27-12-13-28-11-9-25-16-20-4-5-21(17-25)26(20)15-19(24)8-10-29-22-6-2-18(14-23)3-7-22/h2-3,6-7,19-21H,4-5,8-13,15-17,24H2,1H3. The molecule has 1 aromatic carbocycles. The Kier molecular flexibility index (Phi) is 8.71. The molecule has 3 unspecified atom stereocenters. The van der Waals surface area contributed by atoms with Gasteiger partial charge in [0, 0.05) is 51.4 Å². The third kappa shape index (κ3) is 6.66. The number of hydrogen-bond donors (Lipinski definition) is 1. The maximum atomic E-state index is 8.85. The van der Waals surface area contributed by atoms with Crippen molar-refractivity contribution in [2.75, 3.05) is 59.7 Å². The summed E-state index contributed by atoms with van der Waals surface area (Å²) in [6.07, 6.45) is 3.35. The number of fused-ring (bicyclic) bond motifs is 2. The molecular weight excluding hydrogens is 368 g/mol. The average Bonchev–Trinajstić information content (AvgIpc) is 2.96. The normalized spacial score (nSPS) is 23.1. The monoisotopic (exact) mass is 402 g/mol. The molecule has 7 heteroatoms. The fourth-order valence-electron chi connectivity index (χ4n) is 4.31. The molecule has 2 bridgehead atoms. The summed E-state index contributed by atoms with van der Waals surface area (Å²) < 4.78 is 16.4. The van der Waals surface area contributed by atoms with E-state index in [0.717, 1.165) is 45.0 Å². The van der Waals surface area contributed by atoms with E-state index in [9.17, 15) is 0 Å². The van der Waals surface area contributed by atoms with E-state index >= 15 is 0 Å². The predicted molar refractivity (Wildman–Crippen MR) is 112 cm³/mol. The number of nitriles is 1. The lowest BCUT2D eigenvalue weighted by atomic mass is 10.1. The van der Waals surface area contributed by atoms with E-state index in [1.807, 2.05) is 12.1 Å². The van der Waals surface area contributed by atoms with E-state index in [1.54, 1.807) is 19.2 Å². The van der Waals surface area contributed by atoms with E-state index in [-0.39, 0.29) is 6.04 Å². The Morgan fingerprint density at radius 2 is 1.83 bits per heavy atom. The highest BCUT2D eigenvalue weighted by Crippen LogP contribution is 2.30. The molecule has 29 heavy (non-hydrogen) atoms. The quantitative estimate of drug-likeness (QED) is 0.530. The molecule has 3 atom stereocenters. The minimum Gasteiger partial charge on any atom is -0.494 e. The van der Waals surface area contributed by atoms with Crippen LogP contribution in [0.25, 0.3) is 0 Å². The summed E-state index contributed by atoms with van der Waals surface area (Å²) in [5, 5.41) is 8.85. The molecule has 3 rings (SSSR count).